The van der Waals surface area contributed by atoms with E-state index in [4.69, 9.17) is 11.6 Å². The number of carbonyl (C=O) groups excluding carboxylic acids is 1. The van der Waals surface area contributed by atoms with Gasteiger partial charge in [0.05, 0.1) is 0 Å². The number of hydrogen-bond acceptors (Lipinski definition) is 1. The molecule has 1 aliphatic carbocycles. The van der Waals surface area contributed by atoms with Crippen molar-refractivity contribution >= 4 is 17.5 Å². The highest BCUT2D eigenvalue weighted by molar-refractivity contribution is 6.30. The minimum atomic E-state index is -0.0473. The normalized spacial score (nSPS) is 15.1. The van der Waals surface area contributed by atoms with Crippen LogP contribution in [0.25, 0.3) is 0 Å². The summed E-state index contributed by atoms with van der Waals surface area (Å²) < 4.78 is 0. The van der Waals surface area contributed by atoms with Crippen LogP contribution in [0.5, 0.6) is 0 Å². The minimum Gasteiger partial charge on any atom is -0.352 e. The van der Waals surface area contributed by atoms with E-state index in [1.165, 1.54) is 31.3 Å². The summed E-state index contributed by atoms with van der Waals surface area (Å²) in [5.41, 5.74) is 2.10. The maximum atomic E-state index is 11.8. The van der Waals surface area contributed by atoms with Crippen LogP contribution in [0.2, 0.25) is 5.02 Å². The smallest absolute Gasteiger partial charge is 0.251 e. The number of amides is 1. The first-order valence-corrected chi connectivity index (χ1v) is 6.85. The molecule has 0 atom stereocenters. The first kappa shape index (κ1) is 13.2. The Kier molecular flexibility index (Phi) is 4.82. The molecule has 96 valence electrons. The van der Waals surface area contributed by atoms with E-state index in [2.05, 4.69) is 11.4 Å². The summed E-state index contributed by atoms with van der Waals surface area (Å²) in [5.74, 6) is -0.0473. The maximum Gasteiger partial charge on any atom is 0.251 e. The van der Waals surface area contributed by atoms with Crippen LogP contribution in [-0.4, -0.2) is 12.5 Å². The minimum absolute atomic E-state index is 0.0473. The fourth-order valence-corrected chi connectivity index (χ4v) is 2.39. The van der Waals surface area contributed by atoms with Crippen molar-refractivity contribution in [1.29, 1.82) is 0 Å². The van der Waals surface area contributed by atoms with E-state index in [9.17, 15) is 4.79 Å². The lowest BCUT2D eigenvalue weighted by atomic mass is 9.97. The van der Waals surface area contributed by atoms with Gasteiger partial charge in [0.1, 0.15) is 0 Å². The Labute approximate surface area is 113 Å². The largest absolute Gasteiger partial charge is 0.352 e. The lowest BCUT2D eigenvalue weighted by molar-refractivity contribution is 0.0954. The Hall–Kier alpha value is -1.28. The van der Waals surface area contributed by atoms with Crippen molar-refractivity contribution in [3.05, 3.63) is 46.5 Å². The molecule has 18 heavy (non-hydrogen) atoms. The molecule has 2 nitrogen and oxygen atoms in total. The van der Waals surface area contributed by atoms with E-state index in [1.807, 2.05) is 0 Å². The van der Waals surface area contributed by atoms with Crippen molar-refractivity contribution in [2.45, 2.75) is 32.1 Å². The molecule has 0 spiro atoms. The summed E-state index contributed by atoms with van der Waals surface area (Å²) in [6, 6.07) is 7.03. The third-order valence-corrected chi connectivity index (χ3v) is 3.44. The van der Waals surface area contributed by atoms with Gasteiger partial charge in [0.2, 0.25) is 0 Å². The van der Waals surface area contributed by atoms with E-state index in [1.54, 1.807) is 24.3 Å². The number of benzene rings is 1. The fourth-order valence-electron chi connectivity index (χ4n) is 2.20. The molecule has 3 heteroatoms. The Morgan fingerprint density at radius 3 is 2.94 bits per heavy atom. The molecule has 1 aromatic rings. The number of carbonyl (C=O) groups is 1. The van der Waals surface area contributed by atoms with Gasteiger partial charge < -0.3 is 5.32 Å². The molecule has 0 unspecified atom stereocenters. The third-order valence-electron chi connectivity index (χ3n) is 3.20. The van der Waals surface area contributed by atoms with Gasteiger partial charge in [-0.3, -0.25) is 4.79 Å². The Morgan fingerprint density at radius 1 is 1.33 bits per heavy atom. The second-order valence-corrected chi connectivity index (χ2v) is 5.06. The lowest BCUT2D eigenvalue weighted by Gasteiger charge is -2.13. The summed E-state index contributed by atoms with van der Waals surface area (Å²) in [4.78, 5) is 11.8. The molecule has 0 saturated heterocycles. The van der Waals surface area contributed by atoms with Gasteiger partial charge in [-0.1, -0.05) is 29.3 Å². The van der Waals surface area contributed by atoms with Gasteiger partial charge in [-0.25, -0.2) is 0 Å². The van der Waals surface area contributed by atoms with Gasteiger partial charge in [-0.2, -0.15) is 0 Å². The zero-order valence-electron chi connectivity index (χ0n) is 10.4. The summed E-state index contributed by atoms with van der Waals surface area (Å²) in [6.45, 7) is 0.706. The Morgan fingerprint density at radius 2 is 2.22 bits per heavy atom. The van der Waals surface area contributed by atoms with Crippen molar-refractivity contribution in [2.24, 2.45) is 0 Å². The number of hydrogen-bond donors (Lipinski definition) is 1. The molecule has 0 fully saturated rings. The SMILES string of the molecule is O=C(NCCC1=CCCCC1)c1cccc(Cl)c1. The van der Waals surface area contributed by atoms with Crippen LogP contribution >= 0.6 is 11.6 Å². The fraction of sp³-hybridized carbons (Fsp3) is 0.400. The topological polar surface area (TPSA) is 29.1 Å². The van der Waals surface area contributed by atoms with Gasteiger partial charge in [0, 0.05) is 17.1 Å². The van der Waals surface area contributed by atoms with Crippen LogP contribution in [0.1, 0.15) is 42.5 Å². The van der Waals surface area contributed by atoms with Crippen molar-refractivity contribution < 1.29 is 4.79 Å². The molecule has 0 aromatic heterocycles. The molecule has 0 saturated carbocycles. The average Bonchev–Trinajstić information content (AvgIpc) is 2.40. The molecular weight excluding hydrogens is 246 g/mol. The number of allylic oxidation sites excluding steroid dienone is 1. The van der Waals surface area contributed by atoms with E-state index < -0.39 is 0 Å². The highest BCUT2D eigenvalue weighted by atomic mass is 35.5. The summed E-state index contributed by atoms with van der Waals surface area (Å²) in [5, 5.41) is 3.53. The zero-order valence-corrected chi connectivity index (χ0v) is 11.2. The predicted molar refractivity (Wildman–Crippen MR) is 75.0 cm³/mol. The summed E-state index contributed by atoms with van der Waals surface area (Å²) in [7, 11) is 0. The molecular formula is C15H18ClNO. The van der Waals surface area contributed by atoms with Crippen LogP contribution in [0.4, 0.5) is 0 Å². The monoisotopic (exact) mass is 263 g/mol. The van der Waals surface area contributed by atoms with Gasteiger partial charge in [-0.15, -0.1) is 0 Å². The van der Waals surface area contributed by atoms with Crippen molar-refractivity contribution in [2.75, 3.05) is 6.54 Å². The van der Waals surface area contributed by atoms with Crippen molar-refractivity contribution in [3.8, 4) is 0 Å². The van der Waals surface area contributed by atoms with Crippen LogP contribution in [0, 0.1) is 0 Å². The zero-order chi connectivity index (χ0) is 12.8. The first-order chi connectivity index (χ1) is 8.75. The second kappa shape index (κ2) is 6.60. The lowest BCUT2D eigenvalue weighted by Crippen LogP contribution is -2.24. The van der Waals surface area contributed by atoms with Crippen LogP contribution < -0.4 is 5.32 Å². The number of halogens is 1. The van der Waals surface area contributed by atoms with Gasteiger partial charge >= 0.3 is 0 Å². The highest BCUT2D eigenvalue weighted by Gasteiger charge is 2.07. The molecule has 0 radical (unpaired) electrons. The molecule has 1 aliphatic rings. The average molecular weight is 264 g/mol. The van der Waals surface area contributed by atoms with Crippen LogP contribution in [0.15, 0.2) is 35.9 Å². The molecule has 1 aromatic carbocycles. The van der Waals surface area contributed by atoms with E-state index in [0.29, 0.717) is 17.1 Å². The van der Waals surface area contributed by atoms with Crippen molar-refractivity contribution in [3.63, 3.8) is 0 Å². The Bertz CT molecular complexity index is 454. The molecule has 0 aliphatic heterocycles. The quantitative estimate of drug-likeness (QED) is 0.819. The van der Waals surface area contributed by atoms with Crippen LogP contribution in [-0.2, 0) is 0 Å². The Balaban J connectivity index is 1.79. The third kappa shape index (κ3) is 3.88. The standard InChI is InChI=1S/C15H18ClNO/c16-14-8-4-7-13(11-14)15(18)17-10-9-12-5-2-1-3-6-12/h4-5,7-8,11H,1-3,6,9-10H2,(H,17,18). The maximum absolute atomic E-state index is 11.8. The predicted octanol–water partition coefficient (Wildman–Crippen LogP) is 3.96. The van der Waals surface area contributed by atoms with Crippen molar-refractivity contribution in [1.82, 2.24) is 5.32 Å². The van der Waals surface area contributed by atoms with Gasteiger partial charge in [0.15, 0.2) is 0 Å². The van der Waals surface area contributed by atoms with Gasteiger partial charge in [0.25, 0.3) is 5.91 Å². The molecule has 2 rings (SSSR count). The van der Waals surface area contributed by atoms with Gasteiger partial charge in [-0.05, 0) is 50.3 Å². The van der Waals surface area contributed by atoms with E-state index in [0.717, 1.165) is 6.42 Å². The van der Waals surface area contributed by atoms with Crippen LogP contribution in [0.3, 0.4) is 0 Å². The highest BCUT2D eigenvalue weighted by Crippen LogP contribution is 2.19. The number of nitrogens with one attached hydrogen (secondary N) is 1. The first-order valence-electron chi connectivity index (χ1n) is 6.47. The number of rotatable bonds is 4. The molecule has 1 amide bonds. The van der Waals surface area contributed by atoms with E-state index >= 15 is 0 Å². The second-order valence-electron chi connectivity index (χ2n) is 4.62. The molecule has 0 heterocycles. The van der Waals surface area contributed by atoms with E-state index in [-0.39, 0.29) is 5.91 Å². The summed E-state index contributed by atoms with van der Waals surface area (Å²) >= 11 is 5.86. The summed E-state index contributed by atoms with van der Waals surface area (Å²) in [6.07, 6.45) is 8.25. The molecule has 1 N–H and O–H groups in total. The molecule has 0 bridgehead atoms.